The minimum Gasteiger partial charge on any atom is -0.495 e. The molecule has 2 aromatic carbocycles. The van der Waals surface area contributed by atoms with Gasteiger partial charge in [-0.15, -0.1) is 0 Å². The van der Waals surface area contributed by atoms with Gasteiger partial charge in [-0.25, -0.2) is 0 Å². The Morgan fingerprint density at radius 2 is 2.00 bits per heavy atom. The standard InChI is InChI=1S/C18H20ClNO3/c1-4-13-10-14(6-7-15(13)19)23-11-18(21)20-16-9-12(2)5-8-17(16)22-3/h5-10H,4,11H2,1-3H3,(H,20,21). The van der Waals surface area contributed by atoms with E-state index in [-0.39, 0.29) is 12.5 Å². The molecule has 0 fully saturated rings. The molecule has 0 bridgehead atoms. The number of carbonyl (C=O) groups excluding carboxylic acids is 1. The zero-order chi connectivity index (χ0) is 16.8. The van der Waals surface area contributed by atoms with Crippen molar-refractivity contribution in [2.45, 2.75) is 20.3 Å². The highest BCUT2D eigenvalue weighted by Gasteiger charge is 2.09. The highest BCUT2D eigenvalue weighted by atomic mass is 35.5. The number of nitrogens with one attached hydrogen (secondary N) is 1. The molecule has 1 N–H and O–H groups in total. The maximum absolute atomic E-state index is 12.1. The van der Waals surface area contributed by atoms with Gasteiger partial charge in [0, 0.05) is 5.02 Å². The van der Waals surface area contributed by atoms with Crippen LogP contribution >= 0.6 is 11.6 Å². The first-order chi connectivity index (χ1) is 11.0. The first kappa shape index (κ1) is 17.2. The van der Waals surface area contributed by atoms with Crippen molar-refractivity contribution in [3.63, 3.8) is 0 Å². The maximum atomic E-state index is 12.1. The smallest absolute Gasteiger partial charge is 0.262 e. The van der Waals surface area contributed by atoms with Crippen LogP contribution in [0.4, 0.5) is 5.69 Å². The van der Waals surface area contributed by atoms with Gasteiger partial charge in [0.15, 0.2) is 6.61 Å². The topological polar surface area (TPSA) is 47.6 Å². The minimum absolute atomic E-state index is 0.0815. The Labute approximate surface area is 141 Å². The molecule has 0 aliphatic carbocycles. The molecule has 122 valence electrons. The Morgan fingerprint density at radius 1 is 1.22 bits per heavy atom. The van der Waals surface area contributed by atoms with Crippen LogP contribution in [0.2, 0.25) is 5.02 Å². The van der Waals surface area contributed by atoms with Gasteiger partial charge in [0.05, 0.1) is 12.8 Å². The predicted octanol–water partition coefficient (Wildman–Crippen LogP) is 4.24. The van der Waals surface area contributed by atoms with Crippen molar-refractivity contribution < 1.29 is 14.3 Å². The highest BCUT2D eigenvalue weighted by Crippen LogP contribution is 2.25. The number of carbonyl (C=O) groups is 1. The molecule has 0 saturated carbocycles. The summed E-state index contributed by atoms with van der Waals surface area (Å²) < 4.78 is 10.8. The zero-order valence-electron chi connectivity index (χ0n) is 13.5. The lowest BCUT2D eigenvalue weighted by atomic mass is 10.1. The van der Waals surface area contributed by atoms with E-state index in [0.29, 0.717) is 22.2 Å². The maximum Gasteiger partial charge on any atom is 0.262 e. The number of ether oxygens (including phenoxy) is 2. The van der Waals surface area contributed by atoms with E-state index in [2.05, 4.69) is 5.32 Å². The molecule has 0 heterocycles. The highest BCUT2D eigenvalue weighted by molar-refractivity contribution is 6.31. The monoisotopic (exact) mass is 333 g/mol. The third-order valence-electron chi connectivity index (χ3n) is 3.40. The molecule has 0 aliphatic heterocycles. The van der Waals surface area contributed by atoms with E-state index in [1.165, 1.54) is 0 Å². The van der Waals surface area contributed by atoms with Crippen LogP contribution in [0.3, 0.4) is 0 Å². The zero-order valence-corrected chi connectivity index (χ0v) is 14.2. The summed E-state index contributed by atoms with van der Waals surface area (Å²) in [4.78, 5) is 12.1. The van der Waals surface area contributed by atoms with Crippen LogP contribution in [-0.4, -0.2) is 19.6 Å². The molecule has 0 radical (unpaired) electrons. The summed E-state index contributed by atoms with van der Waals surface area (Å²) in [6.45, 7) is 3.88. The van der Waals surface area contributed by atoms with Crippen molar-refractivity contribution in [1.82, 2.24) is 0 Å². The number of amides is 1. The number of hydrogen-bond acceptors (Lipinski definition) is 3. The molecule has 4 nitrogen and oxygen atoms in total. The van der Waals surface area contributed by atoms with Gasteiger partial charge in [-0.1, -0.05) is 24.6 Å². The number of anilines is 1. The van der Waals surface area contributed by atoms with Gasteiger partial charge >= 0.3 is 0 Å². The van der Waals surface area contributed by atoms with Gasteiger partial charge in [-0.2, -0.15) is 0 Å². The average Bonchev–Trinajstić information content (AvgIpc) is 2.54. The van der Waals surface area contributed by atoms with E-state index in [0.717, 1.165) is 17.5 Å². The van der Waals surface area contributed by atoms with Gasteiger partial charge in [0.25, 0.3) is 5.91 Å². The molecule has 0 atom stereocenters. The van der Waals surface area contributed by atoms with E-state index >= 15 is 0 Å². The van der Waals surface area contributed by atoms with Crippen molar-refractivity contribution in [3.8, 4) is 11.5 Å². The Morgan fingerprint density at radius 3 is 2.70 bits per heavy atom. The predicted molar refractivity (Wildman–Crippen MR) is 92.7 cm³/mol. The Hall–Kier alpha value is -2.20. The van der Waals surface area contributed by atoms with Crippen LogP contribution in [0.5, 0.6) is 11.5 Å². The second-order valence-corrected chi connectivity index (χ2v) is 5.55. The second kappa shape index (κ2) is 7.88. The number of hydrogen-bond donors (Lipinski definition) is 1. The fourth-order valence-electron chi connectivity index (χ4n) is 2.17. The molecular weight excluding hydrogens is 314 g/mol. The van der Waals surface area contributed by atoms with Crippen molar-refractivity contribution in [2.75, 3.05) is 19.0 Å². The van der Waals surface area contributed by atoms with Gasteiger partial charge in [-0.3, -0.25) is 4.79 Å². The molecule has 2 aromatic rings. The summed E-state index contributed by atoms with van der Waals surface area (Å²) in [5.41, 5.74) is 2.66. The van der Waals surface area contributed by atoms with Gasteiger partial charge < -0.3 is 14.8 Å². The number of halogens is 1. The van der Waals surface area contributed by atoms with Crippen LogP contribution < -0.4 is 14.8 Å². The van der Waals surface area contributed by atoms with E-state index in [1.807, 2.05) is 38.1 Å². The molecule has 0 aliphatic rings. The van der Waals surface area contributed by atoms with Crippen LogP contribution in [0.25, 0.3) is 0 Å². The quantitative estimate of drug-likeness (QED) is 0.860. The van der Waals surface area contributed by atoms with Crippen molar-refractivity contribution in [3.05, 3.63) is 52.5 Å². The van der Waals surface area contributed by atoms with Gasteiger partial charge in [0.1, 0.15) is 11.5 Å². The van der Waals surface area contributed by atoms with Crippen LogP contribution in [-0.2, 0) is 11.2 Å². The second-order valence-electron chi connectivity index (χ2n) is 5.15. The van der Waals surface area contributed by atoms with E-state index < -0.39 is 0 Å². The SMILES string of the molecule is CCc1cc(OCC(=O)Nc2cc(C)ccc2OC)ccc1Cl. The Bertz CT molecular complexity index is 701. The number of benzene rings is 2. The molecular formula is C18H20ClNO3. The van der Waals surface area contributed by atoms with Crippen LogP contribution in [0, 0.1) is 6.92 Å². The van der Waals surface area contributed by atoms with Gasteiger partial charge in [0.2, 0.25) is 0 Å². The molecule has 2 rings (SSSR count). The van der Waals surface area contributed by atoms with Crippen LogP contribution in [0.1, 0.15) is 18.1 Å². The third kappa shape index (κ3) is 4.63. The summed E-state index contributed by atoms with van der Waals surface area (Å²) in [6.07, 6.45) is 0.808. The molecule has 0 saturated heterocycles. The van der Waals surface area contributed by atoms with Crippen molar-refractivity contribution >= 4 is 23.2 Å². The molecule has 1 amide bonds. The van der Waals surface area contributed by atoms with Crippen LogP contribution in [0.15, 0.2) is 36.4 Å². The number of rotatable bonds is 6. The molecule has 0 aromatic heterocycles. The lowest BCUT2D eigenvalue weighted by Gasteiger charge is -2.12. The normalized spacial score (nSPS) is 10.3. The lowest BCUT2D eigenvalue weighted by molar-refractivity contribution is -0.118. The summed E-state index contributed by atoms with van der Waals surface area (Å²) in [6, 6.07) is 11.0. The summed E-state index contributed by atoms with van der Waals surface area (Å²) in [7, 11) is 1.57. The first-order valence-corrected chi connectivity index (χ1v) is 7.77. The Kier molecular flexibility index (Phi) is 5.88. The Balaban J connectivity index is 1.99. The van der Waals surface area contributed by atoms with Crippen molar-refractivity contribution in [1.29, 1.82) is 0 Å². The summed E-state index contributed by atoms with van der Waals surface area (Å²) in [5, 5.41) is 3.50. The number of aryl methyl sites for hydroxylation is 2. The summed E-state index contributed by atoms with van der Waals surface area (Å²) in [5.74, 6) is 0.989. The average molecular weight is 334 g/mol. The van der Waals surface area contributed by atoms with E-state index in [9.17, 15) is 4.79 Å². The van der Waals surface area contributed by atoms with Crippen molar-refractivity contribution in [2.24, 2.45) is 0 Å². The molecule has 0 spiro atoms. The largest absolute Gasteiger partial charge is 0.495 e. The fourth-order valence-corrected chi connectivity index (χ4v) is 2.42. The summed E-state index contributed by atoms with van der Waals surface area (Å²) >= 11 is 6.07. The lowest BCUT2D eigenvalue weighted by Crippen LogP contribution is -2.20. The fraction of sp³-hybridized carbons (Fsp3) is 0.278. The molecule has 23 heavy (non-hydrogen) atoms. The molecule has 0 unspecified atom stereocenters. The molecule has 5 heteroatoms. The third-order valence-corrected chi connectivity index (χ3v) is 3.77. The number of methoxy groups -OCH3 is 1. The van der Waals surface area contributed by atoms with Gasteiger partial charge in [-0.05, 0) is 54.8 Å². The van der Waals surface area contributed by atoms with E-state index in [1.54, 1.807) is 19.2 Å². The first-order valence-electron chi connectivity index (χ1n) is 7.39. The van der Waals surface area contributed by atoms with E-state index in [4.69, 9.17) is 21.1 Å². The minimum atomic E-state index is -0.248.